The fourth-order valence-electron chi connectivity index (χ4n) is 3.71. The number of furan rings is 1. The summed E-state index contributed by atoms with van der Waals surface area (Å²) in [6.07, 6.45) is 0. The summed E-state index contributed by atoms with van der Waals surface area (Å²) in [5, 5.41) is 3.39. The first-order valence-corrected chi connectivity index (χ1v) is 9.98. The molecule has 0 saturated heterocycles. The molecule has 158 valence electrons. The molecule has 0 bridgehead atoms. The monoisotopic (exact) mass is 417 g/mol. The number of fused-ring (bicyclic) bond motifs is 1. The van der Waals surface area contributed by atoms with Gasteiger partial charge in [0, 0.05) is 56.0 Å². The second-order valence-electron chi connectivity index (χ2n) is 7.55. The molecule has 5 nitrogen and oxygen atoms in total. The Morgan fingerprint density at radius 2 is 1.68 bits per heavy atom. The predicted molar refractivity (Wildman–Crippen MR) is 123 cm³/mol. The molecule has 4 rings (SSSR count). The van der Waals surface area contributed by atoms with Crippen LogP contribution in [0.1, 0.15) is 15.9 Å². The van der Waals surface area contributed by atoms with Crippen LogP contribution in [0.15, 0.2) is 65.1 Å². The van der Waals surface area contributed by atoms with Gasteiger partial charge < -0.3 is 20.4 Å². The number of hydrogen-bond acceptors (Lipinski definition) is 4. The molecule has 6 heteroatoms. The molecule has 31 heavy (non-hydrogen) atoms. The van der Waals surface area contributed by atoms with Crippen molar-refractivity contribution in [3.05, 3.63) is 77.6 Å². The second-order valence-corrected chi connectivity index (χ2v) is 7.55. The number of amides is 1. The number of nitrogens with two attached hydrogens (primary N) is 1. The molecule has 0 fully saturated rings. The second kappa shape index (κ2) is 8.24. The first kappa shape index (κ1) is 20.6. The van der Waals surface area contributed by atoms with Crippen LogP contribution in [-0.2, 0) is 6.54 Å². The van der Waals surface area contributed by atoms with Crippen molar-refractivity contribution in [2.45, 2.75) is 6.54 Å². The van der Waals surface area contributed by atoms with Gasteiger partial charge in [0.05, 0.1) is 5.56 Å². The molecule has 0 aliphatic heterocycles. The van der Waals surface area contributed by atoms with E-state index < -0.39 is 0 Å². The average Bonchev–Trinajstić information content (AvgIpc) is 3.16. The predicted octanol–water partition coefficient (Wildman–Crippen LogP) is 4.79. The lowest BCUT2D eigenvalue weighted by Crippen LogP contribution is -2.18. The Morgan fingerprint density at radius 1 is 1.03 bits per heavy atom. The van der Waals surface area contributed by atoms with E-state index in [4.69, 9.17) is 10.2 Å². The maximum absolute atomic E-state index is 13.4. The van der Waals surface area contributed by atoms with Crippen molar-refractivity contribution in [3.8, 4) is 22.5 Å². The third-order valence-electron chi connectivity index (χ3n) is 5.35. The van der Waals surface area contributed by atoms with Gasteiger partial charge in [0.2, 0.25) is 0 Å². The van der Waals surface area contributed by atoms with Gasteiger partial charge in [-0.15, -0.1) is 0 Å². The van der Waals surface area contributed by atoms with Crippen LogP contribution in [0.5, 0.6) is 0 Å². The van der Waals surface area contributed by atoms with Gasteiger partial charge in [-0.25, -0.2) is 4.39 Å². The number of carbonyl (C=O) groups is 1. The first-order chi connectivity index (χ1) is 14.9. The van der Waals surface area contributed by atoms with E-state index in [9.17, 15) is 9.18 Å². The fourth-order valence-corrected chi connectivity index (χ4v) is 3.71. The molecular weight excluding hydrogens is 393 g/mol. The van der Waals surface area contributed by atoms with E-state index in [0.717, 1.165) is 22.4 Å². The smallest absolute Gasteiger partial charge is 0.255 e. The van der Waals surface area contributed by atoms with E-state index in [1.54, 1.807) is 19.2 Å². The zero-order valence-electron chi connectivity index (χ0n) is 17.7. The van der Waals surface area contributed by atoms with Crippen molar-refractivity contribution in [3.63, 3.8) is 0 Å². The van der Waals surface area contributed by atoms with Gasteiger partial charge in [-0.3, -0.25) is 4.79 Å². The Morgan fingerprint density at radius 3 is 2.26 bits per heavy atom. The van der Waals surface area contributed by atoms with Gasteiger partial charge in [0.25, 0.3) is 5.91 Å². The van der Waals surface area contributed by atoms with Crippen LogP contribution in [0.4, 0.5) is 10.1 Å². The quantitative estimate of drug-likeness (QED) is 0.490. The summed E-state index contributed by atoms with van der Waals surface area (Å²) in [5.41, 5.74) is 11.4. The Bertz CT molecular complexity index is 1240. The van der Waals surface area contributed by atoms with Crippen molar-refractivity contribution in [1.29, 1.82) is 0 Å². The third kappa shape index (κ3) is 3.78. The molecule has 1 aromatic heterocycles. The van der Waals surface area contributed by atoms with Gasteiger partial charge in [-0.05, 0) is 41.5 Å². The number of halogens is 1. The zero-order valence-corrected chi connectivity index (χ0v) is 17.7. The minimum absolute atomic E-state index is 0.264. The van der Waals surface area contributed by atoms with E-state index in [2.05, 4.69) is 5.32 Å². The van der Waals surface area contributed by atoms with E-state index in [1.165, 1.54) is 12.1 Å². The molecule has 0 unspecified atom stereocenters. The molecule has 0 atom stereocenters. The number of nitrogens with zero attached hydrogens (tertiary/aromatic N) is 1. The molecule has 0 saturated carbocycles. The van der Waals surface area contributed by atoms with Crippen LogP contribution in [-0.4, -0.2) is 27.1 Å². The SMILES string of the molecule is CNC(=O)c1c(-c2ccc(F)cc2)oc2cc(N(C)C)c(-c3ccc(CN)cc3)cc12. The molecule has 1 heterocycles. The van der Waals surface area contributed by atoms with Crippen molar-refractivity contribution in [2.75, 3.05) is 26.0 Å². The number of rotatable bonds is 5. The normalized spacial score (nSPS) is 11.0. The van der Waals surface area contributed by atoms with Gasteiger partial charge in [-0.1, -0.05) is 24.3 Å². The number of nitrogens with one attached hydrogen (secondary N) is 1. The Hall–Kier alpha value is -3.64. The summed E-state index contributed by atoms with van der Waals surface area (Å²) in [6.45, 7) is 0.476. The topological polar surface area (TPSA) is 71.5 Å². The lowest BCUT2D eigenvalue weighted by Gasteiger charge is -2.18. The molecule has 0 aliphatic rings. The van der Waals surface area contributed by atoms with Gasteiger partial charge in [0.15, 0.2) is 0 Å². The average molecular weight is 417 g/mol. The van der Waals surface area contributed by atoms with Crippen LogP contribution in [0.2, 0.25) is 0 Å². The highest BCUT2D eigenvalue weighted by molar-refractivity contribution is 6.12. The van der Waals surface area contributed by atoms with Crippen LogP contribution < -0.4 is 16.0 Å². The van der Waals surface area contributed by atoms with Crippen LogP contribution >= 0.6 is 0 Å². The Balaban J connectivity index is 2.00. The number of benzene rings is 3. The molecule has 0 aliphatic carbocycles. The summed E-state index contributed by atoms with van der Waals surface area (Å²) in [6, 6.07) is 17.9. The summed E-state index contributed by atoms with van der Waals surface area (Å²) < 4.78 is 19.6. The van der Waals surface area contributed by atoms with Crippen molar-refractivity contribution < 1.29 is 13.6 Å². The van der Waals surface area contributed by atoms with E-state index in [1.807, 2.05) is 55.4 Å². The van der Waals surface area contributed by atoms with Crippen LogP contribution in [0.3, 0.4) is 0 Å². The molecule has 0 radical (unpaired) electrons. The lowest BCUT2D eigenvalue weighted by molar-refractivity contribution is 0.0964. The third-order valence-corrected chi connectivity index (χ3v) is 5.35. The Labute approximate surface area is 180 Å². The minimum atomic E-state index is -0.348. The summed E-state index contributed by atoms with van der Waals surface area (Å²) in [7, 11) is 5.50. The lowest BCUT2D eigenvalue weighted by atomic mass is 9.97. The summed E-state index contributed by atoms with van der Waals surface area (Å²) in [5.74, 6) is -0.200. The van der Waals surface area contributed by atoms with Crippen molar-refractivity contribution >= 4 is 22.6 Å². The van der Waals surface area contributed by atoms with E-state index in [-0.39, 0.29) is 11.7 Å². The first-order valence-electron chi connectivity index (χ1n) is 9.98. The highest BCUT2D eigenvalue weighted by atomic mass is 19.1. The maximum atomic E-state index is 13.4. The van der Waals surface area contributed by atoms with Crippen LogP contribution in [0, 0.1) is 5.82 Å². The largest absolute Gasteiger partial charge is 0.455 e. The summed E-state index contributed by atoms with van der Waals surface area (Å²) >= 11 is 0. The standard InChI is InChI=1S/C25H24FN3O2/c1-28-25(30)23-20-12-19(16-6-4-15(14-27)5-7-16)21(29(2)3)13-22(20)31-24(23)17-8-10-18(26)11-9-17/h4-13H,14,27H2,1-3H3,(H,28,30). The highest BCUT2D eigenvalue weighted by Crippen LogP contribution is 2.40. The number of carbonyl (C=O) groups excluding carboxylic acids is 1. The van der Waals surface area contributed by atoms with Gasteiger partial charge >= 0.3 is 0 Å². The zero-order chi connectivity index (χ0) is 22.1. The molecule has 1 amide bonds. The van der Waals surface area contributed by atoms with Crippen molar-refractivity contribution in [1.82, 2.24) is 5.32 Å². The molecule has 3 N–H and O–H groups in total. The van der Waals surface area contributed by atoms with Crippen molar-refractivity contribution in [2.24, 2.45) is 5.73 Å². The minimum Gasteiger partial charge on any atom is -0.455 e. The maximum Gasteiger partial charge on any atom is 0.255 e. The van der Waals surface area contributed by atoms with Crippen LogP contribution in [0.25, 0.3) is 33.4 Å². The van der Waals surface area contributed by atoms with Gasteiger partial charge in [0.1, 0.15) is 17.2 Å². The number of hydrogen-bond donors (Lipinski definition) is 2. The number of anilines is 1. The Kier molecular flexibility index (Phi) is 5.48. The molecule has 0 spiro atoms. The van der Waals surface area contributed by atoms with E-state index >= 15 is 0 Å². The molecule has 4 aromatic rings. The van der Waals surface area contributed by atoms with E-state index in [0.29, 0.717) is 34.4 Å². The van der Waals surface area contributed by atoms with Gasteiger partial charge in [-0.2, -0.15) is 0 Å². The molecule has 3 aromatic carbocycles. The summed E-state index contributed by atoms with van der Waals surface area (Å²) in [4.78, 5) is 14.8. The fraction of sp³-hybridized carbons (Fsp3) is 0.160. The molecular formula is C25H24FN3O2. The highest BCUT2D eigenvalue weighted by Gasteiger charge is 2.23.